The summed E-state index contributed by atoms with van der Waals surface area (Å²) in [5.74, 6) is -2.06. The van der Waals surface area contributed by atoms with Crippen LogP contribution in [0.2, 0.25) is 0 Å². The number of carbonyl (C=O) groups excluding carboxylic acids is 1. The number of hydrogen-bond acceptors (Lipinski definition) is 3. The Morgan fingerprint density at radius 3 is 2.58 bits per heavy atom. The fourth-order valence-corrected chi connectivity index (χ4v) is 1.52. The smallest absolute Gasteiger partial charge is 0.341 e. The number of alkyl halides is 3. The van der Waals surface area contributed by atoms with Crippen molar-refractivity contribution < 1.29 is 22.9 Å². The second kappa shape index (κ2) is 5.68. The van der Waals surface area contributed by atoms with Gasteiger partial charge in [0.05, 0.1) is 11.0 Å². The van der Waals surface area contributed by atoms with Gasteiger partial charge in [0.2, 0.25) is 0 Å². The lowest BCUT2D eigenvalue weighted by Gasteiger charge is -2.18. The fraction of sp³-hybridized carbons (Fsp3) is 0.364. The molecule has 1 rings (SSSR count). The SMILES string of the molecule is CCC(NC(=O)C(F)(F)F)c1cccc([N+](=O)[O-])c1. The second-order valence-corrected chi connectivity index (χ2v) is 3.78. The van der Waals surface area contributed by atoms with Gasteiger partial charge in [-0.15, -0.1) is 0 Å². The fourth-order valence-electron chi connectivity index (χ4n) is 1.52. The zero-order valence-electron chi connectivity index (χ0n) is 9.90. The molecule has 1 aromatic rings. The molecule has 8 heteroatoms. The van der Waals surface area contributed by atoms with Gasteiger partial charge in [0, 0.05) is 12.1 Å². The van der Waals surface area contributed by atoms with Crippen LogP contribution in [0.15, 0.2) is 24.3 Å². The number of carbonyl (C=O) groups is 1. The molecular weight excluding hydrogens is 265 g/mol. The highest BCUT2D eigenvalue weighted by Crippen LogP contribution is 2.23. The van der Waals surface area contributed by atoms with E-state index in [1.165, 1.54) is 18.2 Å². The van der Waals surface area contributed by atoms with Gasteiger partial charge in [-0.25, -0.2) is 0 Å². The minimum absolute atomic E-state index is 0.184. The molecule has 0 saturated carbocycles. The molecule has 0 aliphatic heterocycles. The number of hydrogen-bond donors (Lipinski definition) is 1. The van der Waals surface area contributed by atoms with E-state index in [1.807, 2.05) is 0 Å². The summed E-state index contributed by atoms with van der Waals surface area (Å²) in [6.07, 6.45) is -4.79. The van der Waals surface area contributed by atoms with Crippen molar-refractivity contribution in [3.05, 3.63) is 39.9 Å². The van der Waals surface area contributed by atoms with E-state index in [0.717, 1.165) is 6.07 Å². The van der Waals surface area contributed by atoms with Gasteiger partial charge in [0.15, 0.2) is 0 Å². The van der Waals surface area contributed by atoms with Crippen LogP contribution in [0.3, 0.4) is 0 Å². The maximum atomic E-state index is 12.1. The largest absolute Gasteiger partial charge is 0.471 e. The Bertz CT molecular complexity index is 488. The van der Waals surface area contributed by atoms with Crippen molar-refractivity contribution in [1.82, 2.24) is 5.32 Å². The third kappa shape index (κ3) is 3.94. The van der Waals surface area contributed by atoms with Gasteiger partial charge in [-0.3, -0.25) is 14.9 Å². The number of nitro groups is 1. The number of benzene rings is 1. The Labute approximate surface area is 106 Å². The van der Waals surface area contributed by atoms with E-state index in [2.05, 4.69) is 0 Å². The summed E-state index contributed by atoms with van der Waals surface area (Å²) in [7, 11) is 0. The van der Waals surface area contributed by atoms with Gasteiger partial charge in [-0.1, -0.05) is 19.1 Å². The summed E-state index contributed by atoms with van der Waals surface area (Å²) in [5.41, 5.74) is 0.0199. The molecule has 0 bridgehead atoms. The topological polar surface area (TPSA) is 72.2 Å². The van der Waals surface area contributed by atoms with Gasteiger partial charge in [0.25, 0.3) is 5.69 Å². The number of amides is 1. The number of halogens is 3. The van der Waals surface area contributed by atoms with Crippen LogP contribution in [-0.4, -0.2) is 17.0 Å². The molecule has 1 amide bonds. The van der Waals surface area contributed by atoms with E-state index < -0.39 is 23.0 Å². The summed E-state index contributed by atoms with van der Waals surface area (Å²) < 4.78 is 36.4. The Hall–Kier alpha value is -2.12. The van der Waals surface area contributed by atoms with Crippen LogP contribution in [0.1, 0.15) is 24.9 Å². The Morgan fingerprint density at radius 1 is 1.47 bits per heavy atom. The van der Waals surface area contributed by atoms with E-state index in [-0.39, 0.29) is 17.7 Å². The first-order valence-electron chi connectivity index (χ1n) is 5.37. The minimum Gasteiger partial charge on any atom is -0.341 e. The zero-order chi connectivity index (χ0) is 14.6. The van der Waals surface area contributed by atoms with E-state index in [1.54, 1.807) is 12.2 Å². The third-order valence-electron chi connectivity index (χ3n) is 2.45. The summed E-state index contributed by atoms with van der Waals surface area (Å²) >= 11 is 0. The lowest BCUT2D eigenvalue weighted by Crippen LogP contribution is -2.38. The number of nitrogens with zero attached hydrogens (tertiary/aromatic N) is 1. The molecule has 0 saturated heterocycles. The molecule has 0 aliphatic rings. The predicted molar refractivity (Wildman–Crippen MR) is 60.3 cm³/mol. The number of nitro benzene ring substituents is 1. The van der Waals surface area contributed by atoms with Gasteiger partial charge >= 0.3 is 12.1 Å². The zero-order valence-corrected chi connectivity index (χ0v) is 9.90. The van der Waals surface area contributed by atoms with Gasteiger partial charge in [-0.2, -0.15) is 13.2 Å². The van der Waals surface area contributed by atoms with Gasteiger partial charge < -0.3 is 5.32 Å². The Balaban J connectivity index is 2.95. The van der Waals surface area contributed by atoms with Crippen LogP contribution >= 0.6 is 0 Å². The molecule has 0 aliphatic carbocycles. The molecule has 0 spiro atoms. The van der Waals surface area contributed by atoms with E-state index in [9.17, 15) is 28.1 Å². The molecule has 19 heavy (non-hydrogen) atoms. The van der Waals surface area contributed by atoms with Gasteiger partial charge in [-0.05, 0) is 12.0 Å². The van der Waals surface area contributed by atoms with Crippen molar-refractivity contribution in [2.45, 2.75) is 25.6 Å². The maximum Gasteiger partial charge on any atom is 0.471 e. The minimum atomic E-state index is -4.98. The van der Waals surface area contributed by atoms with Crippen molar-refractivity contribution in [2.75, 3.05) is 0 Å². The standard InChI is InChI=1S/C11H11F3N2O3/c1-2-9(15-10(17)11(12,13)14)7-4-3-5-8(6-7)16(18)19/h3-6,9H,2H2,1H3,(H,15,17). The molecule has 1 atom stereocenters. The van der Waals surface area contributed by atoms with Crippen molar-refractivity contribution in [2.24, 2.45) is 0 Å². The Kier molecular flexibility index (Phi) is 4.47. The molecule has 0 heterocycles. The second-order valence-electron chi connectivity index (χ2n) is 3.78. The molecule has 1 aromatic carbocycles. The van der Waals surface area contributed by atoms with Crippen LogP contribution in [0.5, 0.6) is 0 Å². The highest BCUT2D eigenvalue weighted by Gasteiger charge is 2.39. The van der Waals surface area contributed by atoms with Crippen molar-refractivity contribution in [3.63, 3.8) is 0 Å². The Morgan fingerprint density at radius 2 is 2.11 bits per heavy atom. The average molecular weight is 276 g/mol. The number of rotatable bonds is 4. The predicted octanol–water partition coefficient (Wildman–Crippen LogP) is 2.72. The van der Waals surface area contributed by atoms with E-state index in [4.69, 9.17) is 0 Å². The van der Waals surface area contributed by atoms with Gasteiger partial charge in [0.1, 0.15) is 0 Å². The first-order valence-corrected chi connectivity index (χ1v) is 5.37. The van der Waals surface area contributed by atoms with Crippen LogP contribution in [-0.2, 0) is 4.79 Å². The van der Waals surface area contributed by atoms with E-state index >= 15 is 0 Å². The molecule has 1 unspecified atom stereocenters. The molecule has 5 nitrogen and oxygen atoms in total. The quantitative estimate of drug-likeness (QED) is 0.678. The lowest BCUT2D eigenvalue weighted by molar-refractivity contribution is -0.384. The highest BCUT2D eigenvalue weighted by molar-refractivity contribution is 5.82. The first kappa shape index (κ1) is 14.9. The first-order chi connectivity index (χ1) is 8.75. The van der Waals surface area contributed by atoms with Crippen molar-refractivity contribution >= 4 is 11.6 Å². The normalized spacial score (nSPS) is 12.8. The number of nitrogens with one attached hydrogen (secondary N) is 1. The van der Waals surface area contributed by atoms with Crippen LogP contribution in [0.4, 0.5) is 18.9 Å². The average Bonchev–Trinajstić information content (AvgIpc) is 2.34. The molecule has 1 N–H and O–H groups in total. The van der Waals surface area contributed by atoms with Crippen molar-refractivity contribution in [1.29, 1.82) is 0 Å². The number of non-ortho nitro benzene ring substituents is 1. The molecule has 104 valence electrons. The highest BCUT2D eigenvalue weighted by atomic mass is 19.4. The third-order valence-corrected chi connectivity index (χ3v) is 2.45. The van der Waals surface area contributed by atoms with Crippen LogP contribution in [0.25, 0.3) is 0 Å². The van der Waals surface area contributed by atoms with E-state index in [0.29, 0.717) is 0 Å². The summed E-state index contributed by atoms with van der Waals surface area (Å²) in [6.45, 7) is 1.57. The monoisotopic (exact) mass is 276 g/mol. The molecule has 0 aromatic heterocycles. The summed E-state index contributed by atoms with van der Waals surface area (Å²) in [6, 6.07) is 4.23. The van der Waals surface area contributed by atoms with Crippen molar-refractivity contribution in [3.8, 4) is 0 Å². The molecule has 0 radical (unpaired) electrons. The van der Waals surface area contributed by atoms with Crippen LogP contribution < -0.4 is 5.32 Å². The molecular formula is C11H11F3N2O3. The maximum absolute atomic E-state index is 12.1. The lowest BCUT2D eigenvalue weighted by atomic mass is 10.0. The summed E-state index contributed by atoms with van der Waals surface area (Å²) in [5, 5.41) is 12.4. The van der Waals surface area contributed by atoms with Crippen LogP contribution in [0, 0.1) is 10.1 Å². The molecule has 0 fully saturated rings. The summed E-state index contributed by atoms with van der Waals surface area (Å²) in [4.78, 5) is 20.8.